The molecule has 1 aromatic carbocycles. The number of halogens is 2. The van der Waals surface area contributed by atoms with Gasteiger partial charge in [0.05, 0.1) is 37.0 Å². The van der Waals surface area contributed by atoms with E-state index < -0.39 is 0 Å². The molecular formula is C14H15Cl2N3O2. The van der Waals surface area contributed by atoms with Gasteiger partial charge in [0.1, 0.15) is 6.33 Å². The molecule has 2 rings (SSSR count). The first-order valence-electron chi connectivity index (χ1n) is 6.18. The predicted octanol–water partition coefficient (Wildman–Crippen LogP) is 3.72. The Kier molecular flexibility index (Phi) is 5.09. The molecule has 1 heterocycles. The van der Waals surface area contributed by atoms with Crippen molar-refractivity contribution in [2.24, 2.45) is 0 Å². The van der Waals surface area contributed by atoms with E-state index in [1.54, 1.807) is 20.3 Å². The van der Waals surface area contributed by atoms with E-state index in [4.69, 9.17) is 32.7 Å². The fourth-order valence-corrected chi connectivity index (χ4v) is 2.30. The molecule has 112 valence electrons. The van der Waals surface area contributed by atoms with Crippen LogP contribution in [0, 0.1) is 6.92 Å². The van der Waals surface area contributed by atoms with Crippen LogP contribution < -0.4 is 14.8 Å². The highest BCUT2D eigenvalue weighted by molar-refractivity contribution is 6.35. The maximum absolute atomic E-state index is 6.20. The first-order chi connectivity index (χ1) is 10.1. The van der Waals surface area contributed by atoms with E-state index in [0.717, 1.165) is 11.3 Å². The molecule has 0 spiro atoms. The van der Waals surface area contributed by atoms with E-state index in [9.17, 15) is 0 Å². The molecule has 1 aromatic heterocycles. The van der Waals surface area contributed by atoms with Crippen LogP contribution in [0.3, 0.4) is 0 Å². The number of nitrogens with one attached hydrogen (secondary N) is 1. The van der Waals surface area contributed by atoms with Gasteiger partial charge in [-0.15, -0.1) is 0 Å². The van der Waals surface area contributed by atoms with E-state index in [1.807, 2.05) is 13.0 Å². The monoisotopic (exact) mass is 327 g/mol. The molecule has 0 atom stereocenters. The number of aromatic nitrogens is 2. The number of aryl methyl sites for hydroxylation is 1. The average molecular weight is 328 g/mol. The lowest BCUT2D eigenvalue weighted by Crippen LogP contribution is -2.07. The topological polar surface area (TPSA) is 56.3 Å². The summed E-state index contributed by atoms with van der Waals surface area (Å²) >= 11 is 12.3. The number of hydrogen-bond donors (Lipinski definition) is 1. The Morgan fingerprint density at radius 1 is 1.05 bits per heavy atom. The lowest BCUT2D eigenvalue weighted by molar-refractivity contribution is 0.363. The Balaban J connectivity index is 2.26. The summed E-state index contributed by atoms with van der Waals surface area (Å²) in [5.74, 6) is 0.896. The molecule has 0 bridgehead atoms. The number of nitrogens with zero attached hydrogens (tertiary/aromatic N) is 2. The minimum Gasteiger partial charge on any atom is -0.481 e. The molecular weight excluding hydrogens is 313 g/mol. The third-order valence-electron chi connectivity index (χ3n) is 2.96. The molecule has 0 aliphatic heterocycles. The van der Waals surface area contributed by atoms with Gasteiger partial charge in [-0.25, -0.2) is 9.97 Å². The Bertz CT molecular complexity index is 628. The zero-order valence-corrected chi connectivity index (χ0v) is 13.4. The van der Waals surface area contributed by atoms with E-state index in [2.05, 4.69) is 15.3 Å². The second kappa shape index (κ2) is 6.83. The van der Waals surface area contributed by atoms with Gasteiger partial charge in [-0.2, -0.15) is 0 Å². The van der Waals surface area contributed by atoms with Crippen LogP contribution in [-0.4, -0.2) is 24.2 Å². The summed E-state index contributed by atoms with van der Waals surface area (Å²) in [7, 11) is 3.09. The van der Waals surface area contributed by atoms with Crippen molar-refractivity contribution in [3.63, 3.8) is 0 Å². The number of methoxy groups -OCH3 is 2. The first kappa shape index (κ1) is 15.7. The minimum atomic E-state index is 0.395. The van der Waals surface area contributed by atoms with Crippen LogP contribution in [0.15, 0.2) is 18.5 Å². The van der Waals surface area contributed by atoms with Crippen molar-refractivity contribution in [1.82, 2.24) is 9.97 Å². The Labute approximate surface area is 133 Å². The van der Waals surface area contributed by atoms with Gasteiger partial charge < -0.3 is 14.8 Å². The Hall–Kier alpha value is -1.72. The summed E-state index contributed by atoms with van der Waals surface area (Å²) < 4.78 is 10.4. The highest BCUT2D eigenvalue weighted by Gasteiger charge is 2.13. The fraction of sp³-hybridized carbons (Fsp3) is 0.286. The van der Waals surface area contributed by atoms with Crippen molar-refractivity contribution in [2.75, 3.05) is 19.5 Å². The van der Waals surface area contributed by atoms with Crippen LogP contribution in [0.5, 0.6) is 11.8 Å². The molecule has 21 heavy (non-hydrogen) atoms. The van der Waals surface area contributed by atoms with E-state index in [-0.39, 0.29) is 0 Å². The number of ether oxygens (including phenoxy) is 2. The molecule has 0 aliphatic rings. The molecule has 1 N–H and O–H groups in total. The molecule has 7 heteroatoms. The molecule has 0 fully saturated rings. The van der Waals surface area contributed by atoms with Crippen LogP contribution in [-0.2, 0) is 6.54 Å². The molecule has 0 saturated carbocycles. The molecule has 5 nitrogen and oxygen atoms in total. The second-order valence-corrected chi connectivity index (χ2v) is 5.12. The van der Waals surface area contributed by atoms with E-state index in [0.29, 0.717) is 33.9 Å². The highest BCUT2D eigenvalue weighted by atomic mass is 35.5. The standard InChI is InChI=1S/C14H15Cl2N3O2/c1-8-4-11(16)12(5-10(8)15)17-6-9-13(20-2)18-7-19-14(9)21-3/h4-5,7,17H,6H2,1-3H3. The van der Waals surface area contributed by atoms with Gasteiger partial charge in [-0.1, -0.05) is 23.2 Å². The zero-order chi connectivity index (χ0) is 15.4. The summed E-state index contributed by atoms with van der Waals surface area (Å²) in [5, 5.41) is 4.42. The molecule has 2 aromatic rings. The van der Waals surface area contributed by atoms with Gasteiger partial charge in [0.15, 0.2) is 0 Å². The number of hydrogen-bond acceptors (Lipinski definition) is 5. The van der Waals surface area contributed by atoms with Gasteiger partial charge in [0.2, 0.25) is 11.8 Å². The zero-order valence-electron chi connectivity index (χ0n) is 11.9. The van der Waals surface area contributed by atoms with E-state index in [1.165, 1.54) is 6.33 Å². The lowest BCUT2D eigenvalue weighted by Gasteiger charge is -2.14. The molecule has 0 amide bonds. The third kappa shape index (κ3) is 3.49. The van der Waals surface area contributed by atoms with Gasteiger partial charge >= 0.3 is 0 Å². The smallest absolute Gasteiger partial charge is 0.225 e. The van der Waals surface area contributed by atoms with Crippen LogP contribution in [0.1, 0.15) is 11.1 Å². The van der Waals surface area contributed by atoms with E-state index >= 15 is 0 Å². The lowest BCUT2D eigenvalue weighted by atomic mass is 10.2. The van der Waals surface area contributed by atoms with Crippen LogP contribution >= 0.6 is 23.2 Å². The maximum atomic E-state index is 6.20. The van der Waals surface area contributed by atoms with Crippen molar-refractivity contribution < 1.29 is 9.47 Å². The molecule has 0 radical (unpaired) electrons. The summed E-state index contributed by atoms with van der Waals surface area (Å²) in [4.78, 5) is 8.12. The second-order valence-electron chi connectivity index (χ2n) is 4.31. The van der Waals surface area contributed by atoms with Crippen LogP contribution in [0.4, 0.5) is 5.69 Å². The first-order valence-corrected chi connectivity index (χ1v) is 6.93. The summed E-state index contributed by atoms with van der Waals surface area (Å²) in [6.07, 6.45) is 1.39. The Morgan fingerprint density at radius 2 is 1.67 bits per heavy atom. The largest absolute Gasteiger partial charge is 0.481 e. The molecule has 0 unspecified atom stereocenters. The van der Waals surface area contributed by atoms with Gasteiger partial charge in [-0.3, -0.25) is 0 Å². The normalized spacial score (nSPS) is 10.3. The van der Waals surface area contributed by atoms with Gasteiger partial charge in [-0.05, 0) is 24.6 Å². The molecule has 0 aliphatic carbocycles. The quantitative estimate of drug-likeness (QED) is 0.906. The Morgan fingerprint density at radius 3 is 2.24 bits per heavy atom. The SMILES string of the molecule is COc1ncnc(OC)c1CNc1cc(Cl)c(C)cc1Cl. The number of anilines is 1. The third-order valence-corrected chi connectivity index (χ3v) is 3.68. The van der Waals surface area contributed by atoms with Crippen molar-refractivity contribution >= 4 is 28.9 Å². The van der Waals surface area contributed by atoms with Crippen LogP contribution in [0.2, 0.25) is 10.0 Å². The average Bonchev–Trinajstić information content (AvgIpc) is 2.49. The van der Waals surface area contributed by atoms with Crippen molar-refractivity contribution in [3.05, 3.63) is 39.6 Å². The number of benzene rings is 1. The van der Waals surface area contributed by atoms with Gasteiger partial charge in [0.25, 0.3) is 0 Å². The number of rotatable bonds is 5. The van der Waals surface area contributed by atoms with Crippen molar-refractivity contribution in [1.29, 1.82) is 0 Å². The summed E-state index contributed by atoms with van der Waals surface area (Å²) in [6.45, 7) is 2.29. The van der Waals surface area contributed by atoms with Crippen LogP contribution in [0.25, 0.3) is 0 Å². The predicted molar refractivity (Wildman–Crippen MR) is 83.7 cm³/mol. The highest BCUT2D eigenvalue weighted by Crippen LogP contribution is 2.30. The minimum absolute atomic E-state index is 0.395. The molecule has 0 saturated heterocycles. The maximum Gasteiger partial charge on any atom is 0.225 e. The summed E-state index contributed by atoms with van der Waals surface area (Å²) in [5.41, 5.74) is 2.35. The van der Waals surface area contributed by atoms with Crippen molar-refractivity contribution in [2.45, 2.75) is 13.5 Å². The fourth-order valence-electron chi connectivity index (χ4n) is 1.85. The van der Waals surface area contributed by atoms with Crippen molar-refractivity contribution in [3.8, 4) is 11.8 Å². The van der Waals surface area contributed by atoms with Gasteiger partial charge in [0, 0.05) is 5.02 Å². The summed E-state index contributed by atoms with van der Waals surface area (Å²) in [6, 6.07) is 3.59.